The van der Waals surface area contributed by atoms with Gasteiger partial charge in [-0.15, -0.1) is 11.6 Å². The number of hydrogen-bond acceptors (Lipinski definition) is 3. The first-order chi connectivity index (χ1) is 9.90. The highest BCUT2D eigenvalue weighted by molar-refractivity contribution is 6.29. The maximum atomic E-state index is 10.4. The Bertz CT molecular complexity index is 446. The Kier molecular flexibility index (Phi) is 7.54. The summed E-state index contributed by atoms with van der Waals surface area (Å²) in [4.78, 5) is 10.4. The van der Waals surface area contributed by atoms with Crippen molar-refractivity contribution >= 4 is 23.3 Å². The van der Waals surface area contributed by atoms with E-state index < -0.39 is 11.3 Å². The number of halogens is 1. The molecule has 1 aromatic carbocycles. The Hall–Kier alpha value is -1.26. The molecule has 3 atom stereocenters. The quantitative estimate of drug-likeness (QED) is 0.592. The molecule has 0 aromatic heterocycles. The number of aliphatic carboxylic acids is 1. The summed E-state index contributed by atoms with van der Waals surface area (Å²) in [5.41, 5.74) is 6.96. The number of carbonyl (C=O) groups is 1. The van der Waals surface area contributed by atoms with Gasteiger partial charge in [0.15, 0.2) is 0 Å². The molecule has 21 heavy (non-hydrogen) atoms. The summed E-state index contributed by atoms with van der Waals surface area (Å²) < 4.78 is 0. The molecule has 1 aromatic rings. The zero-order valence-corrected chi connectivity index (χ0v) is 13.4. The predicted molar refractivity (Wildman–Crippen MR) is 87.7 cm³/mol. The van der Waals surface area contributed by atoms with E-state index in [1.54, 1.807) is 24.3 Å². The lowest BCUT2D eigenvalue weighted by Crippen LogP contribution is -2.38. The minimum Gasteiger partial charge on any atom is -0.480 e. The Labute approximate surface area is 131 Å². The van der Waals surface area contributed by atoms with E-state index in [9.17, 15) is 4.79 Å². The largest absolute Gasteiger partial charge is 0.480 e. The van der Waals surface area contributed by atoms with Gasteiger partial charge in [0.25, 0.3) is 0 Å². The van der Waals surface area contributed by atoms with Crippen LogP contribution in [0.5, 0.6) is 0 Å². The fourth-order valence-corrected chi connectivity index (χ4v) is 2.55. The predicted octanol–water partition coefficient (Wildman–Crippen LogP) is 3.04. The number of carboxylic acid groups (broad SMARTS) is 1. The molecule has 4 N–H and O–H groups in total. The van der Waals surface area contributed by atoms with Crippen molar-refractivity contribution in [1.29, 1.82) is 0 Å². The monoisotopic (exact) mass is 312 g/mol. The number of nitrogens with two attached hydrogens (primary N) is 1. The lowest BCUT2D eigenvalue weighted by molar-refractivity contribution is -0.136. The van der Waals surface area contributed by atoms with Gasteiger partial charge in [0, 0.05) is 24.2 Å². The molecule has 1 saturated heterocycles. The van der Waals surface area contributed by atoms with E-state index in [0.29, 0.717) is 5.69 Å². The van der Waals surface area contributed by atoms with Gasteiger partial charge in [0.2, 0.25) is 0 Å². The number of carboxylic acids is 1. The summed E-state index contributed by atoms with van der Waals surface area (Å²) in [6.07, 6.45) is 4.40. The van der Waals surface area contributed by atoms with Gasteiger partial charge in [-0.3, -0.25) is 4.79 Å². The average Bonchev–Trinajstić information content (AvgIpc) is 2.41. The number of piperidine rings is 1. The van der Waals surface area contributed by atoms with Gasteiger partial charge in [-0.25, -0.2) is 0 Å². The first-order valence-corrected chi connectivity index (χ1v) is 7.80. The lowest BCUT2D eigenvalue weighted by atomic mass is 10.0. The number of nitrogen functional groups attached to an aromatic ring is 1. The Morgan fingerprint density at radius 2 is 1.95 bits per heavy atom. The first-order valence-electron chi connectivity index (χ1n) is 7.36. The number of anilines is 1. The lowest BCUT2D eigenvalue weighted by Gasteiger charge is -2.25. The molecule has 0 radical (unpaired) electrons. The standard InChI is InChI=1S/C9H10ClNO2.C7H15N/c10-7(9(12)13)5-6-3-1-2-4-8(6)11;1-6-4-3-5-7(2)8-6/h1-4,7H,5,11H2,(H,12,13);6-8H,3-5H2,1-2H3. The minimum absolute atomic E-state index is 0.254. The van der Waals surface area contributed by atoms with Gasteiger partial charge in [-0.1, -0.05) is 24.6 Å². The number of nitrogens with one attached hydrogen (secondary N) is 1. The highest BCUT2D eigenvalue weighted by atomic mass is 35.5. The molecule has 1 fully saturated rings. The van der Waals surface area contributed by atoms with E-state index in [1.165, 1.54) is 19.3 Å². The third-order valence-corrected chi connectivity index (χ3v) is 3.91. The second-order valence-electron chi connectivity index (χ2n) is 5.61. The van der Waals surface area contributed by atoms with E-state index in [1.807, 2.05) is 0 Å². The highest BCUT2D eigenvalue weighted by Crippen LogP contribution is 2.15. The molecular formula is C16H25ClN2O2. The third-order valence-electron chi connectivity index (χ3n) is 3.57. The Morgan fingerprint density at radius 1 is 1.38 bits per heavy atom. The van der Waals surface area contributed by atoms with Crippen molar-refractivity contribution in [1.82, 2.24) is 5.32 Å². The van der Waals surface area contributed by atoms with Gasteiger partial charge < -0.3 is 16.2 Å². The van der Waals surface area contributed by atoms with Crippen LogP contribution in [-0.4, -0.2) is 28.5 Å². The molecule has 118 valence electrons. The molecule has 5 heteroatoms. The Balaban J connectivity index is 0.000000235. The van der Waals surface area contributed by atoms with Crippen molar-refractivity contribution in [2.75, 3.05) is 5.73 Å². The molecule has 2 rings (SSSR count). The minimum atomic E-state index is -1.02. The van der Waals surface area contributed by atoms with E-state index in [0.717, 1.165) is 17.6 Å². The molecule has 3 unspecified atom stereocenters. The van der Waals surface area contributed by atoms with Crippen LogP contribution in [0.1, 0.15) is 38.7 Å². The van der Waals surface area contributed by atoms with Crippen LogP contribution in [-0.2, 0) is 11.2 Å². The SMILES string of the molecule is CC1CCCC(C)N1.Nc1ccccc1CC(Cl)C(=O)O. The summed E-state index contributed by atoms with van der Waals surface area (Å²) in [6.45, 7) is 4.52. The van der Waals surface area contributed by atoms with Crippen molar-refractivity contribution in [3.63, 3.8) is 0 Å². The van der Waals surface area contributed by atoms with Crippen molar-refractivity contribution in [2.24, 2.45) is 0 Å². The van der Waals surface area contributed by atoms with Crippen molar-refractivity contribution < 1.29 is 9.90 Å². The van der Waals surface area contributed by atoms with Crippen molar-refractivity contribution in [3.8, 4) is 0 Å². The molecule has 0 spiro atoms. The molecule has 0 aliphatic carbocycles. The molecule has 0 saturated carbocycles. The van der Waals surface area contributed by atoms with Gasteiger partial charge in [0.1, 0.15) is 5.38 Å². The van der Waals surface area contributed by atoms with E-state index in [2.05, 4.69) is 19.2 Å². The summed E-state index contributed by atoms with van der Waals surface area (Å²) in [6, 6.07) is 8.62. The maximum absolute atomic E-state index is 10.4. The van der Waals surface area contributed by atoms with Gasteiger partial charge in [-0.05, 0) is 38.3 Å². The van der Waals surface area contributed by atoms with Crippen LogP contribution in [0.2, 0.25) is 0 Å². The van der Waals surface area contributed by atoms with E-state index in [4.69, 9.17) is 22.4 Å². The highest BCUT2D eigenvalue weighted by Gasteiger charge is 2.15. The van der Waals surface area contributed by atoms with Gasteiger partial charge in [0.05, 0.1) is 0 Å². The second-order valence-corrected chi connectivity index (χ2v) is 6.14. The number of para-hydroxylation sites is 1. The Morgan fingerprint density at radius 3 is 2.38 bits per heavy atom. The van der Waals surface area contributed by atoms with E-state index >= 15 is 0 Å². The smallest absolute Gasteiger partial charge is 0.321 e. The molecule has 0 bridgehead atoms. The van der Waals surface area contributed by atoms with E-state index in [-0.39, 0.29) is 6.42 Å². The molecular weight excluding hydrogens is 288 g/mol. The number of hydrogen-bond donors (Lipinski definition) is 3. The van der Waals surface area contributed by atoms with Crippen LogP contribution >= 0.6 is 11.6 Å². The fourth-order valence-electron chi connectivity index (χ4n) is 2.38. The summed E-state index contributed by atoms with van der Waals surface area (Å²) >= 11 is 5.57. The van der Waals surface area contributed by atoms with Crippen LogP contribution in [0.25, 0.3) is 0 Å². The molecule has 4 nitrogen and oxygen atoms in total. The molecule has 1 aliphatic heterocycles. The molecule has 0 amide bonds. The third kappa shape index (κ3) is 6.82. The van der Waals surface area contributed by atoms with Crippen LogP contribution < -0.4 is 11.1 Å². The van der Waals surface area contributed by atoms with Crippen LogP contribution in [0.3, 0.4) is 0 Å². The van der Waals surface area contributed by atoms with Crippen molar-refractivity contribution in [3.05, 3.63) is 29.8 Å². The second kappa shape index (κ2) is 8.90. The van der Waals surface area contributed by atoms with Crippen LogP contribution in [0.15, 0.2) is 24.3 Å². The van der Waals surface area contributed by atoms with Gasteiger partial charge >= 0.3 is 5.97 Å². The summed E-state index contributed by atoms with van der Waals surface area (Å²) in [7, 11) is 0. The van der Waals surface area contributed by atoms with Crippen LogP contribution in [0.4, 0.5) is 5.69 Å². The average molecular weight is 313 g/mol. The number of benzene rings is 1. The van der Waals surface area contributed by atoms with Crippen LogP contribution in [0, 0.1) is 0 Å². The topological polar surface area (TPSA) is 75.3 Å². The summed E-state index contributed by atoms with van der Waals surface area (Å²) in [5, 5.41) is 11.1. The fraction of sp³-hybridized carbons (Fsp3) is 0.562. The molecule has 1 heterocycles. The zero-order chi connectivity index (χ0) is 15.8. The number of alkyl halides is 1. The first kappa shape index (κ1) is 17.8. The summed E-state index contributed by atoms with van der Waals surface area (Å²) in [5.74, 6) is -1.02. The van der Waals surface area contributed by atoms with Crippen molar-refractivity contribution in [2.45, 2.75) is 57.0 Å². The molecule has 1 aliphatic rings. The van der Waals surface area contributed by atoms with Gasteiger partial charge in [-0.2, -0.15) is 0 Å². The number of rotatable bonds is 3. The normalized spacial score (nSPS) is 22.8. The zero-order valence-electron chi connectivity index (χ0n) is 12.7. The maximum Gasteiger partial charge on any atom is 0.321 e.